The van der Waals surface area contributed by atoms with Crippen LogP contribution in [-0.2, 0) is 40.7 Å². The molecule has 2 aliphatic rings. The first-order valence-corrected chi connectivity index (χ1v) is 17.3. The normalized spacial score (nSPS) is 24.1. The van der Waals surface area contributed by atoms with Gasteiger partial charge in [-0.05, 0) is 25.8 Å². The van der Waals surface area contributed by atoms with Gasteiger partial charge in [0, 0.05) is 11.1 Å². The molecule has 5 rings (SSSR count). The van der Waals surface area contributed by atoms with Gasteiger partial charge < -0.3 is 54.1 Å². The maximum absolute atomic E-state index is 12.7. The zero-order chi connectivity index (χ0) is 33.6. The lowest BCUT2D eigenvalue weighted by atomic mass is 9.95. The maximum Gasteiger partial charge on any atom is 0.342 e. The van der Waals surface area contributed by atoms with Crippen molar-refractivity contribution in [1.29, 1.82) is 0 Å². The summed E-state index contributed by atoms with van der Waals surface area (Å²) >= 11 is 0. The number of allylic oxidation sites excluding steroid dienone is 1. The van der Waals surface area contributed by atoms with Crippen LogP contribution in [0.4, 0.5) is 5.82 Å². The highest BCUT2D eigenvalue weighted by Crippen LogP contribution is 2.58. The fraction of sp³-hybridized carbons (Fsp3) is 0.462. The third kappa shape index (κ3) is 6.67. The van der Waals surface area contributed by atoms with Crippen molar-refractivity contribution >= 4 is 38.1 Å². The number of methoxy groups -OCH3 is 1. The van der Waals surface area contributed by atoms with Crippen LogP contribution in [0.3, 0.4) is 0 Å². The number of hydrogen-bond donors (Lipinski definition) is 6. The first-order chi connectivity index (χ1) is 21.6. The van der Waals surface area contributed by atoms with E-state index in [4.69, 9.17) is 29.0 Å². The molecule has 18 nitrogen and oxygen atoms in total. The first kappa shape index (κ1) is 33.9. The van der Waals surface area contributed by atoms with E-state index in [-0.39, 0.29) is 41.3 Å². The highest BCUT2D eigenvalue weighted by molar-refractivity contribution is 7.70. The van der Waals surface area contributed by atoms with Crippen molar-refractivity contribution < 1.29 is 62.3 Å². The van der Waals surface area contributed by atoms with Gasteiger partial charge in [0.05, 0.1) is 26.7 Å². The molecule has 2 aliphatic heterocycles. The quantitative estimate of drug-likeness (QED) is 0.0890. The van der Waals surface area contributed by atoms with Crippen LogP contribution in [0.25, 0.3) is 11.2 Å². The number of carbonyl (C=O) groups excluding carboxylic acids is 1. The Kier molecular flexibility index (Phi) is 9.57. The van der Waals surface area contributed by atoms with Gasteiger partial charge in [-0.2, -0.15) is 0 Å². The number of anilines is 1. The Morgan fingerprint density at radius 3 is 2.61 bits per heavy atom. The molecule has 0 radical (unpaired) electrons. The minimum Gasteiger partial charge on any atom is -0.507 e. The first-order valence-electron chi connectivity index (χ1n) is 13.8. The van der Waals surface area contributed by atoms with Crippen LogP contribution in [0.2, 0.25) is 0 Å². The number of benzene rings is 1. The van der Waals surface area contributed by atoms with Gasteiger partial charge >= 0.3 is 21.2 Å². The van der Waals surface area contributed by atoms with E-state index in [1.54, 1.807) is 19.9 Å². The van der Waals surface area contributed by atoms with E-state index >= 15 is 0 Å². The standard InChI is InChI=1S/C26H33N5O13P2/c1-12(4-5-14-19(32)17-15(7-41-26(17)35)13(2)22(14)40-3)6-42-45(36,37)11-46(38,39)43-8-16-20(33)21(34)25(44-16)31-10-30-18-23(27)28-9-29-24(18)31/h4,9-10,16,20-21,25,32-34H,5-8,11H2,1-3H3,(H,36,37)(H,38,39)(H2,27,28,29)/b12-4+/t16-,20+,21?,25-/m1/s1. The van der Waals surface area contributed by atoms with Crippen molar-refractivity contribution in [3.05, 3.63) is 46.6 Å². The number of aromatic nitrogens is 4. The molecular formula is C26H33N5O13P2. The van der Waals surface area contributed by atoms with Crippen molar-refractivity contribution in [1.82, 2.24) is 19.5 Å². The summed E-state index contributed by atoms with van der Waals surface area (Å²) in [4.78, 5) is 44.6. The van der Waals surface area contributed by atoms with Gasteiger partial charge in [-0.1, -0.05) is 11.6 Å². The van der Waals surface area contributed by atoms with E-state index in [2.05, 4.69) is 15.0 Å². The third-order valence-electron chi connectivity index (χ3n) is 7.59. The predicted octanol–water partition coefficient (Wildman–Crippen LogP) is 1.27. The number of phenols is 1. The minimum atomic E-state index is -4.78. The summed E-state index contributed by atoms with van der Waals surface area (Å²) in [6.07, 6.45) is -1.51. The Hall–Kier alpha value is -3.44. The highest BCUT2D eigenvalue weighted by atomic mass is 31.2. The van der Waals surface area contributed by atoms with Crippen molar-refractivity contribution in [2.75, 3.05) is 32.0 Å². The summed E-state index contributed by atoms with van der Waals surface area (Å²) in [6, 6.07) is 0. The number of aliphatic hydroxyl groups excluding tert-OH is 2. The lowest BCUT2D eigenvalue weighted by molar-refractivity contribution is -0.0483. The second kappa shape index (κ2) is 13.0. The summed E-state index contributed by atoms with van der Waals surface area (Å²) in [5, 5.41) is 31.8. The number of nitrogens with zero attached hydrogens (tertiary/aromatic N) is 4. The maximum atomic E-state index is 12.7. The van der Waals surface area contributed by atoms with E-state index in [0.29, 0.717) is 28.0 Å². The molecule has 20 heteroatoms. The van der Waals surface area contributed by atoms with Crippen molar-refractivity contribution in [2.24, 2.45) is 0 Å². The van der Waals surface area contributed by atoms with Gasteiger partial charge in [-0.3, -0.25) is 13.7 Å². The molecule has 7 N–H and O–H groups in total. The smallest absolute Gasteiger partial charge is 0.342 e. The lowest BCUT2D eigenvalue weighted by Gasteiger charge is -2.20. The molecule has 0 amide bonds. The molecule has 2 aromatic heterocycles. The number of fused-ring (bicyclic) bond motifs is 2. The molecule has 1 fully saturated rings. The van der Waals surface area contributed by atoms with E-state index < -0.39 is 64.8 Å². The number of imidazole rings is 1. The Balaban J connectivity index is 1.17. The number of nitrogens with two attached hydrogens (primary N) is 1. The number of carbonyl (C=O) groups is 1. The molecule has 250 valence electrons. The van der Waals surface area contributed by atoms with Crippen molar-refractivity contribution in [2.45, 2.75) is 51.4 Å². The molecule has 3 aromatic rings. The van der Waals surface area contributed by atoms with Gasteiger partial charge in [0.1, 0.15) is 53.8 Å². The number of aliphatic hydroxyl groups is 2. The average Bonchev–Trinajstić information content (AvgIpc) is 3.68. The Labute approximate surface area is 261 Å². The van der Waals surface area contributed by atoms with Crippen LogP contribution in [-0.4, -0.2) is 95.1 Å². The number of cyclic esters (lactones) is 1. The molecule has 0 spiro atoms. The zero-order valence-corrected chi connectivity index (χ0v) is 26.6. The predicted molar refractivity (Wildman–Crippen MR) is 158 cm³/mol. The SMILES string of the molecule is COc1c(C)c2c(c(O)c1C/C=C(\C)COP(=O)(O)CP(=O)(O)OC[C@H]1O[C@@H](n3cnc4c(N)ncnc43)C(O)[C@H]1O)C(=O)OC2. The largest absolute Gasteiger partial charge is 0.507 e. The number of ether oxygens (including phenoxy) is 3. The van der Waals surface area contributed by atoms with E-state index in [1.807, 2.05) is 0 Å². The topological polar surface area (TPSA) is 268 Å². The van der Waals surface area contributed by atoms with Crippen LogP contribution in [0, 0.1) is 6.92 Å². The van der Waals surface area contributed by atoms with Crippen LogP contribution in [0.15, 0.2) is 24.3 Å². The molecular weight excluding hydrogens is 652 g/mol. The molecule has 1 aromatic carbocycles. The molecule has 3 unspecified atom stereocenters. The summed E-state index contributed by atoms with van der Waals surface area (Å²) in [6.45, 7) is 2.17. The monoisotopic (exact) mass is 685 g/mol. The number of nitrogen functional groups attached to an aromatic ring is 1. The lowest BCUT2D eigenvalue weighted by Crippen LogP contribution is -2.33. The van der Waals surface area contributed by atoms with Crippen LogP contribution in [0.1, 0.15) is 40.2 Å². The van der Waals surface area contributed by atoms with E-state index in [0.717, 1.165) is 0 Å². The second-order valence-electron chi connectivity index (χ2n) is 10.8. The number of esters is 1. The van der Waals surface area contributed by atoms with Gasteiger partial charge in [0.2, 0.25) is 0 Å². The molecule has 46 heavy (non-hydrogen) atoms. The van der Waals surface area contributed by atoms with Crippen LogP contribution < -0.4 is 10.5 Å². The fourth-order valence-electron chi connectivity index (χ4n) is 5.22. The van der Waals surface area contributed by atoms with Crippen molar-refractivity contribution in [3.8, 4) is 11.5 Å². The molecule has 0 saturated carbocycles. The minimum absolute atomic E-state index is 0.0164. The number of aromatic hydroxyl groups is 1. The van der Waals surface area contributed by atoms with Gasteiger partial charge in [-0.25, -0.2) is 19.7 Å². The number of hydrogen-bond acceptors (Lipinski definition) is 15. The van der Waals surface area contributed by atoms with Crippen molar-refractivity contribution in [3.63, 3.8) is 0 Å². The Morgan fingerprint density at radius 2 is 1.89 bits per heavy atom. The number of rotatable bonds is 12. The van der Waals surface area contributed by atoms with E-state index in [9.17, 15) is 39.0 Å². The van der Waals surface area contributed by atoms with Crippen LogP contribution in [0.5, 0.6) is 11.5 Å². The third-order valence-corrected chi connectivity index (χ3v) is 11.5. The van der Waals surface area contributed by atoms with Gasteiger partial charge in [-0.15, -0.1) is 0 Å². The summed E-state index contributed by atoms with van der Waals surface area (Å²) in [5.41, 5.74) is 8.18. The second-order valence-corrected chi connectivity index (χ2v) is 15.0. The molecule has 1 saturated heterocycles. The number of phenolic OH excluding ortho intramolecular Hbond substituents is 1. The fourth-order valence-corrected chi connectivity index (χ4v) is 8.46. The van der Waals surface area contributed by atoms with E-state index in [1.165, 1.54) is 24.3 Å². The molecule has 6 atom stereocenters. The summed E-state index contributed by atoms with van der Waals surface area (Å²) < 4.78 is 52.8. The molecule has 0 bridgehead atoms. The van der Waals surface area contributed by atoms with Gasteiger partial charge in [0.25, 0.3) is 0 Å². The summed E-state index contributed by atoms with van der Waals surface area (Å²) in [5.74, 6) is -1.77. The van der Waals surface area contributed by atoms with Crippen LogP contribution >= 0.6 is 15.2 Å². The average molecular weight is 686 g/mol. The highest BCUT2D eigenvalue weighted by Gasteiger charge is 2.46. The Bertz CT molecular complexity index is 1800. The Morgan fingerprint density at radius 1 is 1.17 bits per heavy atom. The molecule has 0 aliphatic carbocycles. The molecule has 4 heterocycles. The van der Waals surface area contributed by atoms with Gasteiger partial charge in [0.15, 0.2) is 23.6 Å². The summed E-state index contributed by atoms with van der Waals surface area (Å²) in [7, 11) is -8.05. The zero-order valence-electron chi connectivity index (χ0n) is 24.8.